The molecule has 1 aliphatic heterocycles. The molecule has 2 aromatic rings. The summed E-state index contributed by atoms with van der Waals surface area (Å²) in [6.45, 7) is 1.29. The molecule has 2 N–H and O–H groups in total. The summed E-state index contributed by atoms with van der Waals surface area (Å²) in [5.74, 6) is -1.55. The van der Waals surface area contributed by atoms with E-state index in [9.17, 15) is 24.0 Å². The highest BCUT2D eigenvalue weighted by atomic mass is 16.5. The first-order valence-corrected chi connectivity index (χ1v) is 7.89. The lowest BCUT2D eigenvalue weighted by molar-refractivity contribution is -0.158. The number of ether oxygens (including phenoxy) is 1. The predicted molar refractivity (Wildman–Crippen MR) is 89.5 cm³/mol. The van der Waals surface area contributed by atoms with Gasteiger partial charge in [0, 0.05) is 13.1 Å². The largest absolute Gasteiger partial charge is 0.451 e. The average Bonchev–Trinajstić information content (AvgIpc) is 3.04. The summed E-state index contributed by atoms with van der Waals surface area (Å²) in [5, 5.41) is 5.15. The number of imide groups is 1. The molecule has 0 bridgehead atoms. The highest BCUT2D eigenvalue weighted by Gasteiger charge is 2.31. The van der Waals surface area contributed by atoms with Gasteiger partial charge in [0.2, 0.25) is 0 Å². The molecule has 1 aliphatic rings. The molecule has 1 saturated heterocycles. The van der Waals surface area contributed by atoms with Gasteiger partial charge in [0.05, 0.1) is 10.8 Å². The Morgan fingerprint density at radius 2 is 1.88 bits per heavy atom. The molecule has 1 unspecified atom stereocenters. The summed E-state index contributed by atoms with van der Waals surface area (Å²) < 4.78 is 5.82. The molecule has 0 radical (unpaired) electrons. The van der Waals surface area contributed by atoms with Crippen molar-refractivity contribution < 1.29 is 19.1 Å². The number of nitrogens with one attached hydrogen (secondary N) is 2. The van der Waals surface area contributed by atoms with E-state index >= 15 is 0 Å². The van der Waals surface area contributed by atoms with Gasteiger partial charge < -0.3 is 10.1 Å². The second-order valence-electron chi connectivity index (χ2n) is 5.73. The Morgan fingerprint density at radius 3 is 2.54 bits per heavy atom. The van der Waals surface area contributed by atoms with Gasteiger partial charge in [0.1, 0.15) is 6.54 Å². The number of rotatable bonds is 4. The number of aromatic nitrogens is 2. The molecule has 10 nitrogen and oxygen atoms in total. The Morgan fingerprint density at radius 1 is 1.19 bits per heavy atom. The van der Waals surface area contributed by atoms with Crippen molar-refractivity contribution in [2.24, 2.45) is 0 Å². The summed E-state index contributed by atoms with van der Waals surface area (Å²) in [7, 11) is 0. The highest BCUT2D eigenvalue weighted by molar-refractivity contribution is 5.98. The number of H-pyrrole nitrogens is 1. The van der Waals surface area contributed by atoms with Crippen LogP contribution in [0, 0.1) is 0 Å². The van der Waals surface area contributed by atoms with Crippen LogP contribution >= 0.6 is 0 Å². The second kappa shape index (κ2) is 6.82. The zero-order chi connectivity index (χ0) is 18.8. The van der Waals surface area contributed by atoms with E-state index in [1.54, 1.807) is 12.1 Å². The first-order chi connectivity index (χ1) is 12.4. The van der Waals surface area contributed by atoms with Crippen molar-refractivity contribution in [2.45, 2.75) is 19.6 Å². The first kappa shape index (κ1) is 17.4. The summed E-state index contributed by atoms with van der Waals surface area (Å²) >= 11 is 0. The minimum absolute atomic E-state index is 0.168. The SMILES string of the molecule is CC(OC(=O)Cn1[nH]c(=O)c2ccccc2c1=O)C(=O)N1CCNC1=O. The fraction of sp³-hybridized carbons (Fsp3) is 0.312. The van der Waals surface area contributed by atoms with Gasteiger partial charge in [-0.15, -0.1) is 0 Å². The molecule has 2 heterocycles. The van der Waals surface area contributed by atoms with Crippen molar-refractivity contribution >= 4 is 28.7 Å². The summed E-state index contributed by atoms with van der Waals surface area (Å²) in [6, 6.07) is 5.66. The highest BCUT2D eigenvalue weighted by Crippen LogP contribution is 2.05. The lowest BCUT2D eigenvalue weighted by Gasteiger charge is -2.18. The summed E-state index contributed by atoms with van der Waals surface area (Å²) in [6.07, 6.45) is -1.20. The molecule has 1 aromatic carbocycles. The van der Waals surface area contributed by atoms with E-state index in [2.05, 4.69) is 10.4 Å². The lowest BCUT2D eigenvalue weighted by atomic mass is 10.2. The van der Waals surface area contributed by atoms with Crippen molar-refractivity contribution in [3.8, 4) is 0 Å². The molecule has 1 fully saturated rings. The normalized spacial score (nSPS) is 15.0. The molecule has 26 heavy (non-hydrogen) atoms. The third-order valence-corrected chi connectivity index (χ3v) is 3.95. The number of esters is 1. The third kappa shape index (κ3) is 3.21. The van der Waals surface area contributed by atoms with Gasteiger partial charge in [-0.1, -0.05) is 12.1 Å². The first-order valence-electron chi connectivity index (χ1n) is 7.89. The maximum absolute atomic E-state index is 12.3. The zero-order valence-corrected chi connectivity index (χ0v) is 13.9. The molecule has 3 rings (SSSR count). The Bertz CT molecular complexity index is 1010. The molecule has 1 atom stereocenters. The van der Waals surface area contributed by atoms with Gasteiger partial charge >= 0.3 is 12.0 Å². The van der Waals surface area contributed by atoms with Crippen molar-refractivity contribution in [1.82, 2.24) is 20.0 Å². The van der Waals surface area contributed by atoms with Crippen molar-refractivity contribution in [2.75, 3.05) is 13.1 Å². The number of carbonyl (C=O) groups excluding carboxylic acids is 3. The van der Waals surface area contributed by atoms with Crippen LogP contribution in [0.5, 0.6) is 0 Å². The van der Waals surface area contributed by atoms with Gasteiger partial charge in [-0.05, 0) is 19.1 Å². The van der Waals surface area contributed by atoms with E-state index < -0.39 is 41.7 Å². The fourth-order valence-corrected chi connectivity index (χ4v) is 2.67. The van der Waals surface area contributed by atoms with Gasteiger partial charge in [-0.25, -0.2) is 9.48 Å². The van der Waals surface area contributed by atoms with Crippen LogP contribution in [-0.4, -0.2) is 51.8 Å². The minimum atomic E-state index is -1.20. The van der Waals surface area contributed by atoms with Crippen LogP contribution in [0.15, 0.2) is 33.9 Å². The molecule has 136 valence electrons. The van der Waals surface area contributed by atoms with Crippen LogP contribution in [0.3, 0.4) is 0 Å². The van der Waals surface area contributed by atoms with Crippen molar-refractivity contribution in [1.29, 1.82) is 0 Å². The van der Waals surface area contributed by atoms with E-state index in [1.165, 1.54) is 19.1 Å². The van der Waals surface area contributed by atoms with Crippen LogP contribution in [-0.2, 0) is 20.9 Å². The molecule has 0 spiro atoms. The second-order valence-corrected chi connectivity index (χ2v) is 5.73. The van der Waals surface area contributed by atoms with Gasteiger partial charge in [0.15, 0.2) is 6.10 Å². The number of aromatic amines is 1. The zero-order valence-electron chi connectivity index (χ0n) is 13.9. The number of nitrogens with zero attached hydrogens (tertiary/aromatic N) is 2. The molecule has 0 aliphatic carbocycles. The number of urea groups is 1. The van der Waals surface area contributed by atoms with Crippen LogP contribution < -0.4 is 16.4 Å². The van der Waals surface area contributed by atoms with E-state index in [4.69, 9.17) is 4.74 Å². The standard InChI is InChI=1S/C16H16N4O6/c1-9(14(23)19-7-6-17-16(19)25)26-12(21)8-20-15(24)11-5-3-2-4-10(11)13(22)18-20/h2-5,9H,6-8H2,1H3,(H,17,25)(H,18,22). The van der Waals surface area contributed by atoms with E-state index in [1.807, 2.05) is 0 Å². The molecule has 10 heteroatoms. The molecular formula is C16H16N4O6. The molecule has 3 amide bonds. The number of hydrogen-bond donors (Lipinski definition) is 2. The number of amides is 3. The maximum atomic E-state index is 12.3. The maximum Gasteiger partial charge on any atom is 0.328 e. The van der Waals surface area contributed by atoms with Gasteiger partial charge in [-0.3, -0.25) is 29.2 Å². The van der Waals surface area contributed by atoms with Gasteiger partial charge in [-0.2, -0.15) is 0 Å². The van der Waals surface area contributed by atoms with E-state index in [0.29, 0.717) is 6.54 Å². The Labute approximate surface area is 146 Å². The van der Waals surface area contributed by atoms with Crippen LogP contribution in [0.2, 0.25) is 0 Å². The lowest BCUT2D eigenvalue weighted by Crippen LogP contribution is -2.42. The van der Waals surface area contributed by atoms with Crippen LogP contribution in [0.4, 0.5) is 4.79 Å². The van der Waals surface area contributed by atoms with Crippen molar-refractivity contribution in [3.63, 3.8) is 0 Å². The van der Waals surface area contributed by atoms with Crippen LogP contribution in [0.25, 0.3) is 10.8 Å². The van der Waals surface area contributed by atoms with E-state index in [-0.39, 0.29) is 17.3 Å². The molecular weight excluding hydrogens is 344 g/mol. The minimum Gasteiger partial charge on any atom is -0.451 e. The topological polar surface area (TPSA) is 131 Å². The Kier molecular flexibility index (Phi) is 4.57. The number of carbonyl (C=O) groups is 3. The molecule has 1 aromatic heterocycles. The van der Waals surface area contributed by atoms with Gasteiger partial charge in [0.25, 0.3) is 17.0 Å². The smallest absolute Gasteiger partial charge is 0.328 e. The Balaban J connectivity index is 1.74. The number of hydrogen-bond acceptors (Lipinski definition) is 6. The number of fused-ring (bicyclic) bond motifs is 1. The predicted octanol–water partition coefficient (Wildman–Crippen LogP) is -0.827. The van der Waals surface area contributed by atoms with Crippen molar-refractivity contribution in [3.05, 3.63) is 45.0 Å². The summed E-state index contributed by atoms with van der Waals surface area (Å²) in [4.78, 5) is 60.9. The quantitative estimate of drug-likeness (QED) is 0.685. The number of benzene rings is 1. The molecule has 0 saturated carbocycles. The third-order valence-electron chi connectivity index (χ3n) is 3.95. The van der Waals surface area contributed by atoms with E-state index in [0.717, 1.165) is 9.58 Å². The Hall–Kier alpha value is -3.43. The van der Waals surface area contributed by atoms with Crippen LogP contribution in [0.1, 0.15) is 6.92 Å². The average molecular weight is 360 g/mol. The fourth-order valence-electron chi connectivity index (χ4n) is 2.67. The summed E-state index contributed by atoms with van der Waals surface area (Å²) in [5.41, 5.74) is -1.08. The monoisotopic (exact) mass is 360 g/mol.